The Bertz CT molecular complexity index is 376. The minimum absolute atomic E-state index is 0.212. The molecule has 0 N–H and O–H groups in total. The van der Waals surface area contributed by atoms with Crippen LogP contribution < -0.4 is 0 Å². The Hall–Kier alpha value is -0.580. The van der Waals surface area contributed by atoms with Gasteiger partial charge in [0.05, 0.1) is 18.8 Å². The molecule has 0 spiro atoms. The molecule has 0 saturated carbocycles. The Morgan fingerprint density at radius 3 is 2.61 bits per heavy atom. The van der Waals surface area contributed by atoms with Gasteiger partial charge in [-0.25, -0.2) is 0 Å². The molecule has 23 heavy (non-hydrogen) atoms. The number of likely N-dealkylation sites (N-methyl/N-ethyl adjacent to an activating group) is 2. The molecule has 0 amide bonds. The van der Waals surface area contributed by atoms with Crippen molar-refractivity contribution in [1.82, 2.24) is 9.80 Å². The summed E-state index contributed by atoms with van der Waals surface area (Å²) in [5, 5.41) is 0. The molecule has 0 unspecified atom stereocenters. The van der Waals surface area contributed by atoms with Gasteiger partial charge < -0.3 is 14.4 Å². The molecule has 2 saturated heterocycles. The van der Waals surface area contributed by atoms with Crippen molar-refractivity contribution in [2.45, 2.75) is 58.2 Å². The molecule has 0 bridgehead atoms. The zero-order chi connectivity index (χ0) is 17.0. The SMILES string of the molecule is C=C(OC(C)C)[C@@H]1C[C@H](CCOC[C@@H]2[C@H](C)CCN2C)CN1C. The second-order valence-corrected chi connectivity index (χ2v) is 7.87. The maximum absolute atomic E-state index is 6.00. The first kappa shape index (κ1) is 18.8. The van der Waals surface area contributed by atoms with Gasteiger partial charge >= 0.3 is 0 Å². The molecule has 2 rings (SSSR count). The fourth-order valence-corrected chi connectivity index (χ4v) is 4.02. The van der Waals surface area contributed by atoms with E-state index in [2.05, 4.69) is 51.2 Å². The number of ether oxygens (including phenoxy) is 2. The Balaban J connectivity index is 1.66. The van der Waals surface area contributed by atoms with E-state index in [4.69, 9.17) is 9.47 Å². The van der Waals surface area contributed by atoms with Gasteiger partial charge in [0, 0.05) is 19.2 Å². The molecular formula is C19H36N2O2. The van der Waals surface area contributed by atoms with E-state index in [-0.39, 0.29) is 6.10 Å². The van der Waals surface area contributed by atoms with E-state index in [1.54, 1.807) is 0 Å². The summed E-state index contributed by atoms with van der Waals surface area (Å²) in [5.74, 6) is 2.38. The summed E-state index contributed by atoms with van der Waals surface area (Å²) in [6.07, 6.45) is 3.80. The molecule has 2 aliphatic rings. The van der Waals surface area contributed by atoms with Crippen LogP contribution in [0, 0.1) is 11.8 Å². The van der Waals surface area contributed by atoms with Crippen molar-refractivity contribution >= 4 is 0 Å². The lowest BCUT2D eigenvalue weighted by molar-refractivity contribution is 0.0666. The summed E-state index contributed by atoms with van der Waals surface area (Å²) in [7, 11) is 4.39. The van der Waals surface area contributed by atoms with E-state index in [0.29, 0.717) is 18.0 Å². The highest BCUT2D eigenvalue weighted by Gasteiger charge is 2.32. The fourth-order valence-electron chi connectivity index (χ4n) is 4.02. The van der Waals surface area contributed by atoms with Crippen LogP contribution >= 0.6 is 0 Å². The zero-order valence-corrected chi connectivity index (χ0v) is 15.8. The van der Waals surface area contributed by atoms with Gasteiger partial charge in [-0.1, -0.05) is 13.5 Å². The first-order valence-electron chi connectivity index (χ1n) is 9.22. The Morgan fingerprint density at radius 1 is 1.26 bits per heavy atom. The van der Waals surface area contributed by atoms with Crippen molar-refractivity contribution in [3.8, 4) is 0 Å². The summed E-state index contributed by atoms with van der Waals surface area (Å²) < 4.78 is 11.8. The van der Waals surface area contributed by atoms with Crippen LogP contribution in [0.25, 0.3) is 0 Å². The first-order chi connectivity index (χ1) is 10.9. The van der Waals surface area contributed by atoms with Crippen molar-refractivity contribution < 1.29 is 9.47 Å². The highest BCUT2D eigenvalue weighted by molar-refractivity contribution is 5.03. The van der Waals surface area contributed by atoms with Gasteiger partial charge in [-0.3, -0.25) is 4.90 Å². The number of rotatable bonds is 8. The Labute approximate surface area is 142 Å². The third kappa shape index (κ3) is 5.20. The quantitative estimate of drug-likeness (QED) is 0.506. The van der Waals surface area contributed by atoms with Crippen LogP contribution in [-0.4, -0.2) is 68.4 Å². The standard InChI is InChI=1S/C19H36N2O2/c1-14(2)23-16(4)18-11-17(12-21(18)6)8-10-22-13-19-15(3)7-9-20(19)5/h14-15,17-19H,4,7-13H2,1-3,5-6H3/t15-,17+,18+,19-/m1/s1. The zero-order valence-electron chi connectivity index (χ0n) is 15.8. The third-order valence-corrected chi connectivity index (χ3v) is 5.51. The van der Waals surface area contributed by atoms with E-state index in [1.807, 2.05) is 0 Å². The molecule has 4 atom stereocenters. The summed E-state index contributed by atoms with van der Waals surface area (Å²) in [6.45, 7) is 14.7. The molecular weight excluding hydrogens is 288 g/mol. The molecule has 0 aliphatic carbocycles. The van der Waals surface area contributed by atoms with Crippen molar-refractivity contribution in [1.29, 1.82) is 0 Å². The Kier molecular flexibility index (Phi) is 6.93. The summed E-state index contributed by atoms with van der Waals surface area (Å²) in [6, 6.07) is 0.969. The maximum atomic E-state index is 6.00. The van der Waals surface area contributed by atoms with Gasteiger partial charge in [-0.15, -0.1) is 0 Å². The van der Waals surface area contributed by atoms with Crippen LogP contribution in [0.2, 0.25) is 0 Å². The van der Waals surface area contributed by atoms with Crippen LogP contribution in [0.3, 0.4) is 0 Å². The average Bonchev–Trinajstić information content (AvgIpc) is 2.99. The molecule has 2 heterocycles. The van der Waals surface area contributed by atoms with E-state index in [9.17, 15) is 0 Å². The van der Waals surface area contributed by atoms with E-state index in [1.165, 1.54) is 13.0 Å². The number of hydrogen-bond donors (Lipinski definition) is 0. The number of likely N-dealkylation sites (tertiary alicyclic amines) is 2. The van der Waals surface area contributed by atoms with Crippen molar-refractivity contribution in [2.75, 3.05) is 40.4 Å². The summed E-state index contributed by atoms with van der Waals surface area (Å²) in [4.78, 5) is 4.82. The maximum Gasteiger partial charge on any atom is 0.106 e. The molecule has 2 fully saturated rings. The largest absolute Gasteiger partial charge is 0.494 e. The van der Waals surface area contributed by atoms with Crippen molar-refractivity contribution in [2.24, 2.45) is 11.8 Å². The lowest BCUT2D eigenvalue weighted by atomic mass is 10.0. The normalized spacial score (nSPS) is 32.8. The minimum atomic E-state index is 0.212. The van der Waals surface area contributed by atoms with Gasteiger partial charge in [0.25, 0.3) is 0 Å². The van der Waals surface area contributed by atoms with Crippen molar-refractivity contribution in [3.05, 3.63) is 12.3 Å². The second-order valence-electron chi connectivity index (χ2n) is 7.87. The van der Waals surface area contributed by atoms with E-state index in [0.717, 1.165) is 44.3 Å². The lowest BCUT2D eigenvalue weighted by Crippen LogP contribution is -2.33. The highest BCUT2D eigenvalue weighted by Crippen LogP contribution is 2.29. The third-order valence-electron chi connectivity index (χ3n) is 5.51. The average molecular weight is 325 g/mol. The molecule has 2 aliphatic heterocycles. The second kappa shape index (κ2) is 8.50. The Morgan fingerprint density at radius 2 is 2.00 bits per heavy atom. The number of nitrogens with zero attached hydrogens (tertiary/aromatic N) is 2. The van der Waals surface area contributed by atoms with Gasteiger partial charge in [0.2, 0.25) is 0 Å². The van der Waals surface area contributed by atoms with Crippen LogP contribution in [0.5, 0.6) is 0 Å². The van der Waals surface area contributed by atoms with E-state index < -0.39 is 0 Å². The molecule has 4 nitrogen and oxygen atoms in total. The van der Waals surface area contributed by atoms with Crippen LogP contribution in [0.1, 0.15) is 40.0 Å². The molecule has 0 aromatic carbocycles. The topological polar surface area (TPSA) is 24.9 Å². The monoisotopic (exact) mass is 324 g/mol. The summed E-state index contributed by atoms with van der Waals surface area (Å²) in [5.41, 5.74) is 0. The smallest absolute Gasteiger partial charge is 0.106 e. The predicted molar refractivity (Wildman–Crippen MR) is 95.5 cm³/mol. The predicted octanol–water partition coefficient (Wildman–Crippen LogP) is 2.99. The van der Waals surface area contributed by atoms with Gasteiger partial charge in [-0.05, 0) is 65.6 Å². The summed E-state index contributed by atoms with van der Waals surface area (Å²) >= 11 is 0. The number of hydrogen-bond acceptors (Lipinski definition) is 4. The molecule has 134 valence electrons. The van der Waals surface area contributed by atoms with Gasteiger partial charge in [-0.2, -0.15) is 0 Å². The first-order valence-corrected chi connectivity index (χ1v) is 9.22. The minimum Gasteiger partial charge on any atom is -0.494 e. The van der Waals surface area contributed by atoms with E-state index >= 15 is 0 Å². The molecule has 0 aromatic rings. The highest BCUT2D eigenvalue weighted by atomic mass is 16.5. The fraction of sp³-hybridized carbons (Fsp3) is 0.895. The van der Waals surface area contributed by atoms with Crippen LogP contribution in [-0.2, 0) is 9.47 Å². The van der Waals surface area contributed by atoms with Crippen molar-refractivity contribution in [3.63, 3.8) is 0 Å². The molecule has 4 heteroatoms. The molecule has 0 radical (unpaired) electrons. The van der Waals surface area contributed by atoms with Crippen LogP contribution in [0.4, 0.5) is 0 Å². The van der Waals surface area contributed by atoms with Gasteiger partial charge in [0.15, 0.2) is 0 Å². The molecule has 0 aromatic heterocycles. The lowest BCUT2D eigenvalue weighted by Gasteiger charge is -2.23. The van der Waals surface area contributed by atoms with Crippen LogP contribution in [0.15, 0.2) is 12.3 Å². The van der Waals surface area contributed by atoms with Gasteiger partial charge in [0.1, 0.15) is 5.76 Å².